The Labute approximate surface area is 153 Å². The quantitative estimate of drug-likeness (QED) is 0.718. The smallest absolute Gasteiger partial charge is 0.227 e. The van der Waals surface area contributed by atoms with E-state index in [0.717, 1.165) is 24.1 Å². The number of aromatic nitrogens is 2. The highest BCUT2D eigenvalue weighted by Crippen LogP contribution is 2.11. The number of rotatable bonds is 9. The maximum Gasteiger partial charge on any atom is 0.227 e. The number of hydrogen-bond acceptors (Lipinski definition) is 5. The predicted octanol–water partition coefficient (Wildman–Crippen LogP) is 2.87. The molecule has 0 aliphatic carbocycles. The number of amides is 2. The first kappa shape index (κ1) is 19.6. The molecule has 0 saturated carbocycles. The highest BCUT2D eigenvalue weighted by atomic mass is 16.5. The predicted molar refractivity (Wildman–Crippen MR) is 98.4 cm³/mol. The molecule has 0 fully saturated rings. The Morgan fingerprint density at radius 3 is 2.54 bits per heavy atom. The number of nitrogens with zero attached hydrogens (tertiary/aromatic N) is 2. The minimum Gasteiger partial charge on any atom is -0.352 e. The van der Waals surface area contributed by atoms with Crippen molar-refractivity contribution >= 4 is 17.5 Å². The lowest BCUT2D eigenvalue weighted by Gasteiger charge is -2.09. The number of carbonyl (C=O) groups excluding carboxylic acids is 2. The van der Waals surface area contributed by atoms with Gasteiger partial charge in [0.05, 0.1) is 0 Å². The fourth-order valence-corrected chi connectivity index (χ4v) is 2.22. The van der Waals surface area contributed by atoms with E-state index in [1.54, 1.807) is 0 Å². The molecule has 26 heavy (non-hydrogen) atoms. The number of aryl methyl sites for hydroxylation is 2. The van der Waals surface area contributed by atoms with Crippen LogP contribution in [0.1, 0.15) is 50.9 Å². The van der Waals surface area contributed by atoms with Crippen molar-refractivity contribution in [2.24, 2.45) is 5.92 Å². The molecule has 0 bridgehead atoms. The number of hydrogen-bond donors (Lipinski definition) is 2. The third kappa shape index (κ3) is 6.31. The fourth-order valence-electron chi connectivity index (χ4n) is 2.22. The molecule has 7 nitrogen and oxygen atoms in total. The number of nitrogens with one attached hydrogen (secondary N) is 2. The molecule has 7 heteroatoms. The highest BCUT2D eigenvalue weighted by molar-refractivity contribution is 5.92. The van der Waals surface area contributed by atoms with Crippen molar-refractivity contribution in [3.8, 4) is 0 Å². The summed E-state index contributed by atoms with van der Waals surface area (Å²) in [5.41, 5.74) is 1.71. The molecule has 2 N–H and O–H groups in total. The van der Waals surface area contributed by atoms with Gasteiger partial charge < -0.3 is 15.2 Å². The molecule has 0 unspecified atom stereocenters. The van der Waals surface area contributed by atoms with E-state index in [-0.39, 0.29) is 17.7 Å². The van der Waals surface area contributed by atoms with E-state index in [0.29, 0.717) is 31.1 Å². The van der Waals surface area contributed by atoms with Gasteiger partial charge in [0, 0.05) is 37.4 Å². The normalized spacial score (nSPS) is 10.8. The Hall–Kier alpha value is -2.70. The van der Waals surface area contributed by atoms with Gasteiger partial charge in [0.2, 0.25) is 17.7 Å². The largest absolute Gasteiger partial charge is 0.352 e. The Morgan fingerprint density at radius 1 is 1.15 bits per heavy atom. The van der Waals surface area contributed by atoms with Gasteiger partial charge in [-0.3, -0.25) is 9.59 Å². The van der Waals surface area contributed by atoms with Gasteiger partial charge in [0.25, 0.3) is 0 Å². The number of anilines is 1. The van der Waals surface area contributed by atoms with Crippen LogP contribution in [-0.2, 0) is 29.0 Å². The van der Waals surface area contributed by atoms with Crippen LogP contribution in [-0.4, -0.2) is 22.0 Å². The lowest BCUT2D eigenvalue weighted by Crippen LogP contribution is -2.23. The zero-order valence-electron chi connectivity index (χ0n) is 15.5. The van der Waals surface area contributed by atoms with Crippen molar-refractivity contribution in [2.75, 3.05) is 5.32 Å². The third-order valence-corrected chi connectivity index (χ3v) is 3.79. The summed E-state index contributed by atoms with van der Waals surface area (Å²) in [5, 5.41) is 9.57. The molecule has 0 atom stereocenters. The van der Waals surface area contributed by atoms with Gasteiger partial charge in [0.15, 0.2) is 5.82 Å². The summed E-state index contributed by atoms with van der Waals surface area (Å²) < 4.78 is 5.12. The second-order valence-corrected chi connectivity index (χ2v) is 6.47. The molecule has 0 radical (unpaired) electrons. The van der Waals surface area contributed by atoms with E-state index >= 15 is 0 Å². The van der Waals surface area contributed by atoms with Crippen molar-refractivity contribution in [1.82, 2.24) is 15.5 Å². The van der Waals surface area contributed by atoms with E-state index in [1.165, 1.54) is 0 Å². The van der Waals surface area contributed by atoms with Gasteiger partial charge in [0.1, 0.15) is 0 Å². The summed E-state index contributed by atoms with van der Waals surface area (Å²) in [6.07, 6.45) is 2.47. The van der Waals surface area contributed by atoms with Gasteiger partial charge >= 0.3 is 0 Å². The summed E-state index contributed by atoms with van der Waals surface area (Å²) in [5.74, 6) is 1.03. The second-order valence-electron chi connectivity index (χ2n) is 6.47. The van der Waals surface area contributed by atoms with Crippen molar-refractivity contribution in [1.29, 1.82) is 0 Å². The molecular formula is C19H26N4O3. The Balaban J connectivity index is 1.73. The molecule has 1 heterocycles. The maximum absolute atomic E-state index is 12.0. The van der Waals surface area contributed by atoms with Gasteiger partial charge in [-0.15, -0.1) is 0 Å². The number of carbonyl (C=O) groups is 2. The van der Waals surface area contributed by atoms with Crippen LogP contribution in [0.15, 0.2) is 28.8 Å². The van der Waals surface area contributed by atoms with E-state index in [4.69, 9.17) is 4.52 Å². The Morgan fingerprint density at radius 2 is 1.88 bits per heavy atom. The minimum absolute atomic E-state index is 0.0193. The molecule has 1 aromatic heterocycles. The average Bonchev–Trinajstić information content (AvgIpc) is 3.07. The molecule has 0 aliphatic heterocycles. The zero-order chi connectivity index (χ0) is 18.9. The summed E-state index contributed by atoms with van der Waals surface area (Å²) in [6, 6.07) is 7.42. The van der Waals surface area contributed by atoms with Crippen molar-refractivity contribution in [3.05, 3.63) is 41.5 Å². The van der Waals surface area contributed by atoms with Crippen LogP contribution in [0.3, 0.4) is 0 Å². The van der Waals surface area contributed by atoms with Gasteiger partial charge in [-0.05, 0) is 24.1 Å². The molecule has 140 valence electrons. The molecule has 1 aromatic carbocycles. The van der Waals surface area contributed by atoms with Crippen LogP contribution in [0.4, 0.5) is 5.69 Å². The standard InChI is InChI=1S/C19H26N4O3/c1-4-5-16-22-18(26-23-16)11-10-17(24)20-12-14-6-8-15(9-7-14)21-19(25)13(2)3/h6-9,13H,4-5,10-12H2,1-3H3,(H,20,24)(H,21,25). The van der Waals surface area contributed by atoms with Crippen LogP contribution in [0.25, 0.3) is 0 Å². The summed E-state index contributed by atoms with van der Waals surface area (Å²) >= 11 is 0. The monoisotopic (exact) mass is 358 g/mol. The molecule has 2 rings (SSSR count). The first-order valence-electron chi connectivity index (χ1n) is 8.96. The van der Waals surface area contributed by atoms with E-state index in [2.05, 4.69) is 20.8 Å². The van der Waals surface area contributed by atoms with Gasteiger partial charge in [-0.2, -0.15) is 4.98 Å². The maximum atomic E-state index is 12.0. The van der Waals surface area contributed by atoms with Crippen LogP contribution in [0.5, 0.6) is 0 Å². The van der Waals surface area contributed by atoms with Crippen LogP contribution in [0.2, 0.25) is 0 Å². The molecule has 0 saturated heterocycles. The van der Waals surface area contributed by atoms with Gasteiger partial charge in [-0.1, -0.05) is 38.1 Å². The van der Waals surface area contributed by atoms with E-state index in [1.807, 2.05) is 45.0 Å². The first-order valence-corrected chi connectivity index (χ1v) is 8.96. The summed E-state index contributed by atoms with van der Waals surface area (Å²) in [6.45, 7) is 6.17. The zero-order valence-corrected chi connectivity index (χ0v) is 15.5. The highest BCUT2D eigenvalue weighted by Gasteiger charge is 2.09. The molecule has 0 aliphatic rings. The van der Waals surface area contributed by atoms with Gasteiger partial charge in [-0.25, -0.2) is 0 Å². The lowest BCUT2D eigenvalue weighted by atomic mass is 10.1. The van der Waals surface area contributed by atoms with Crippen LogP contribution >= 0.6 is 0 Å². The topological polar surface area (TPSA) is 97.1 Å². The molecular weight excluding hydrogens is 332 g/mol. The molecule has 2 amide bonds. The van der Waals surface area contributed by atoms with Crippen molar-refractivity contribution in [2.45, 2.75) is 53.0 Å². The number of benzene rings is 1. The Kier molecular flexibility index (Phi) is 7.32. The van der Waals surface area contributed by atoms with Crippen LogP contribution < -0.4 is 10.6 Å². The SMILES string of the molecule is CCCc1noc(CCC(=O)NCc2ccc(NC(=O)C(C)C)cc2)n1. The second kappa shape index (κ2) is 9.70. The molecule has 0 spiro atoms. The minimum atomic E-state index is -0.0718. The average molecular weight is 358 g/mol. The molecule has 2 aromatic rings. The lowest BCUT2D eigenvalue weighted by molar-refractivity contribution is -0.121. The van der Waals surface area contributed by atoms with E-state index < -0.39 is 0 Å². The Bertz CT molecular complexity index is 723. The third-order valence-electron chi connectivity index (χ3n) is 3.79. The van der Waals surface area contributed by atoms with E-state index in [9.17, 15) is 9.59 Å². The van der Waals surface area contributed by atoms with Crippen molar-refractivity contribution in [3.63, 3.8) is 0 Å². The summed E-state index contributed by atoms with van der Waals surface area (Å²) in [7, 11) is 0. The van der Waals surface area contributed by atoms with Crippen molar-refractivity contribution < 1.29 is 14.1 Å². The first-order chi connectivity index (χ1) is 12.5. The fraction of sp³-hybridized carbons (Fsp3) is 0.474. The summed E-state index contributed by atoms with van der Waals surface area (Å²) in [4.78, 5) is 27.8. The van der Waals surface area contributed by atoms with Crippen LogP contribution in [0, 0.1) is 5.92 Å².